The van der Waals surface area contributed by atoms with Crippen molar-refractivity contribution in [2.75, 3.05) is 0 Å². The maximum Gasteiger partial charge on any atom is 0.195 e. The van der Waals surface area contributed by atoms with Crippen LogP contribution in [0.3, 0.4) is 0 Å². The summed E-state index contributed by atoms with van der Waals surface area (Å²) in [4.78, 5) is 16.4. The highest BCUT2D eigenvalue weighted by atomic mass is 32.1. The van der Waals surface area contributed by atoms with E-state index in [9.17, 15) is 4.79 Å². The van der Waals surface area contributed by atoms with E-state index in [4.69, 9.17) is 4.52 Å². The molecular formula is C10H7N3O2S. The minimum atomic E-state index is 0.656. The molecule has 0 aliphatic carbocycles. The molecule has 5 nitrogen and oxygen atoms in total. The van der Waals surface area contributed by atoms with Gasteiger partial charge in [-0.15, -0.1) is 0 Å². The summed E-state index contributed by atoms with van der Waals surface area (Å²) in [7, 11) is 0. The van der Waals surface area contributed by atoms with Gasteiger partial charge in [0.1, 0.15) is 5.69 Å². The van der Waals surface area contributed by atoms with Crippen molar-refractivity contribution in [3.63, 3.8) is 0 Å². The Morgan fingerprint density at radius 2 is 2.38 bits per heavy atom. The van der Waals surface area contributed by atoms with Crippen molar-refractivity contribution in [3.8, 4) is 11.5 Å². The number of aldehydes is 1. The van der Waals surface area contributed by atoms with Crippen LogP contribution in [0.25, 0.3) is 16.4 Å². The van der Waals surface area contributed by atoms with Gasteiger partial charge in [0.25, 0.3) is 0 Å². The van der Waals surface area contributed by atoms with Crippen molar-refractivity contribution in [2.24, 2.45) is 0 Å². The maximum atomic E-state index is 10.6. The molecule has 0 aliphatic heterocycles. The summed E-state index contributed by atoms with van der Waals surface area (Å²) in [5.41, 5.74) is 1.68. The van der Waals surface area contributed by atoms with Gasteiger partial charge < -0.3 is 4.52 Å². The molecule has 0 aromatic carbocycles. The molecule has 80 valence electrons. The fraction of sp³-hybridized carbons (Fsp3) is 0.100. The number of aromatic nitrogens is 3. The third-order valence-corrected chi connectivity index (χ3v) is 3.19. The summed E-state index contributed by atoms with van der Waals surface area (Å²) in [6.07, 6.45) is 6.04. The normalized spacial score (nSPS) is 11.1. The van der Waals surface area contributed by atoms with Crippen molar-refractivity contribution in [3.05, 3.63) is 29.0 Å². The van der Waals surface area contributed by atoms with Crippen LogP contribution in [0.1, 0.15) is 15.2 Å². The third kappa shape index (κ3) is 1.27. The largest absolute Gasteiger partial charge is 0.354 e. The van der Waals surface area contributed by atoms with Crippen LogP contribution in [0.15, 0.2) is 23.1 Å². The highest BCUT2D eigenvalue weighted by Gasteiger charge is 2.13. The average molecular weight is 233 g/mol. The Morgan fingerprint density at radius 3 is 3.00 bits per heavy atom. The fourth-order valence-electron chi connectivity index (χ4n) is 1.51. The Bertz CT molecular complexity index is 633. The lowest BCUT2D eigenvalue weighted by molar-refractivity contribution is 0.112. The lowest BCUT2D eigenvalue weighted by atomic mass is 10.2. The van der Waals surface area contributed by atoms with Crippen molar-refractivity contribution in [1.29, 1.82) is 0 Å². The first-order valence-electron chi connectivity index (χ1n) is 4.63. The number of nitrogens with zero attached hydrogens (tertiary/aromatic N) is 3. The highest BCUT2D eigenvalue weighted by Crippen LogP contribution is 2.25. The van der Waals surface area contributed by atoms with E-state index >= 15 is 0 Å². The predicted octanol–water partition coefficient (Wildman–Crippen LogP) is 2.17. The first kappa shape index (κ1) is 9.29. The van der Waals surface area contributed by atoms with Crippen LogP contribution in [0.4, 0.5) is 0 Å². The molecule has 0 N–H and O–H groups in total. The number of imidazole rings is 1. The molecule has 3 aromatic heterocycles. The molecule has 3 rings (SSSR count). The third-order valence-electron chi connectivity index (χ3n) is 2.27. The van der Waals surface area contributed by atoms with E-state index in [0.29, 0.717) is 10.6 Å². The summed E-state index contributed by atoms with van der Waals surface area (Å²) < 4.78 is 6.93. The van der Waals surface area contributed by atoms with E-state index < -0.39 is 0 Å². The SMILES string of the molecule is Cc1cnoc1-c1cn2cc(C=O)sc2n1. The van der Waals surface area contributed by atoms with Gasteiger partial charge >= 0.3 is 0 Å². The maximum absolute atomic E-state index is 10.6. The Morgan fingerprint density at radius 1 is 1.50 bits per heavy atom. The minimum Gasteiger partial charge on any atom is -0.354 e. The molecule has 0 spiro atoms. The van der Waals surface area contributed by atoms with Gasteiger partial charge in [-0.2, -0.15) is 0 Å². The van der Waals surface area contributed by atoms with Crippen LogP contribution in [0.2, 0.25) is 0 Å². The summed E-state index contributed by atoms with van der Waals surface area (Å²) in [5.74, 6) is 0.670. The number of hydrogen-bond donors (Lipinski definition) is 0. The van der Waals surface area contributed by atoms with Crippen LogP contribution in [0, 0.1) is 6.92 Å². The summed E-state index contributed by atoms with van der Waals surface area (Å²) >= 11 is 1.34. The average Bonchev–Trinajstić information content (AvgIpc) is 2.89. The van der Waals surface area contributed by atoms with E-state index in [1.807, 2.05) is 17.5 Å². The zero-order valence-electron chi connectivity index (χ0n) is 8.38. The lowest BCUT2D eigenvalue weighted by Gasteiger charge is -1.87. The topological polar surface area (TPSA) is 60.4 Å². The fourth-order valence-corrected chi connectivity index (χ4v) is 2.29. The molecule has 0 radical (unpaired) electrons. The smallest absolute Gasteiger partial charge is 0.195 e. The number of carbonyl (C=O) groups is 1. The quantitative estimate of drug-likeness (QED) is 0.636. The van der Waals surface area contributed by atoms with E-state index in [2.05, 4.69) is 10.1 Å². The molecule has 0 aliphatic rings. The van der Waals surface area contributed by atoms with Crippen molar-refractivity contribution in [1.82, 2.24) is 14.5 Å². The Kier molecular flexibility index (Phi) is 1.90. The number of hydrogen-bond acceptors (Lipinski definition) is 5. The Labute approximate surface area is 94.3 Å². The van der Waals surface area contributed by atoms with Gasteiger partial charge in [-0.1, -0.05) is 16.5 Å². The molecule has 0 bridgehead atoms. The van der Waals surface area contributed by atoms with Crippen LogP contribution >= 0.6 is 11.3 Å². The van der Waals surface area contributed by atoms with Gasteiger partial charge in [-0.3, -0.25) is 9.20 Å². The van der Waals surface area contributed by atoms with Gasteiger partial charge in [0.05, 0.1) is 11.1 Å². The number of fused-ring (bicyclic) bond motifs is 1. The highest BCUT2D eigenvalue weighted by molar-refractivity contribution is 7.18. The minimum absolute atomic E-state index is 0.656. The molecule has 0 saturated heterocycles. The van der Waals surface area contributed by atoms with Crippen LogP contribution in [-0.4, -0.2) is 20.8 Å². The zero-order chi connectivity index (χ0) is 11.1. The summed E-state index contributed by atoms with van der Waals surface area (Å²) in [6, 6.07) is 0. The second kappa shape index (κ2) is 3.28. The summed E-state index contributed by atoms with van der Waals surface area (Å²) in [5, 5.41) is 3.71. The van der Waals surface area contributed by atoms with Crippen LogP contribution < -0.4 is 0 Å². The van der Waals surface area contributed by atoms with Gasteiger partial charge in [0.15, 0.2) is 17.0 Å². The molecule has 16 heavy (non-hydrogen) atoms. The molecule has 0 amide bonds. The number of rotatable bonds is 2. The Balaban J connectivity index is 2.16. The molecule has 0 saturated carbocycles. The second-order valence-electron chi connectivity index (χ2n) is 3.41. The van der Waals surface area contributed by atoms with Crippen LogP contribution in [0.5, 0.6) is 0 Å². The van der Waals surface area contributed by atoms with Gasteiger partial charge in [0, 0.05) is 18.0 Å². The van der Waals surface area contributed by atoms with Gasteiger partial charge in [-0.25, -0.2) is 4.98 Å². The monoisotopic (exact) mass is 233 g/mol. The molecule has 0 unspecified atom stereocenters. The Hall–Kier alpha value is -1.95. The van der Waals surface area contributed by atoms with E-state index in [0.717, 1.165) is 22.5 Å². The molecule has 3 heterocycles. The molecule has 3 aromatic rings. The van der Waals surface area contributed by atoms with Crippen LogP contribution in [-0.2, 0) is 0 Å². The van der Waals surface area contributed by atoms with E-state index in [1.54, 1.807) is 12.4 Å². The van der Waals surface area contributed by atoms with Gasteiger partial charge in [0.2, 0.25) is 0 Å². The molecule has 6 heteroatoms. The lowest BCUT2D eigenvalue weighted by Crippen LogP contribution is -1.76. The molecule has 0 fully saturated rings. The number of carbonyl (C=O) groups excluding carboxylic acids is 1. The molecule has 0 atom stereocenters. The standard InChI is InChI=1S/C10H7N3O2S/c1-6-2-11-15-9(6)8-4-13-3-7(5-14)16-10(13)12-8/h2-5H,1H3. The summed E-state index contributed by atoms with van der Waals surface area (Å²) in [6.45, 7) is 1.91. The number of aryl methyl sites for hydroxylation is 1. The van der Waals surface area contributed by atoms with Crippen molar-refractivity contribution >= 4 is 22.6 Å². The number of thiazole rings is 1. The van der Waals surface area contributed by atoms with Crippen molar-refractivity contribution < 1.29 is 9.32 Å². The second-order valence-corrected chi connectivity index (χ2v) is 4.45. The molecular weight excluding hydrogens is 226 g/mol. The van der Waals surface area contributed by atoms with Gasteiger partial charge in [-0.05, 0) is 6.92 Å². The van der Waals surface area contributed by atoms with E-state index in [1.165, 1.54) is 11.3 Å². The van der Waals surface area contributed by atoms with Crippen molar-refractivity contribution in [2.45, 2.75) is 6.92 Å². The predicted molar refractivity (Wildman–Crippen MR) is 58.7 cm³/mol. The van der Waals surface area contributed by atoms with E-state index in [-0.39, 0.29) is 0 Å². The zero-order valence-corrected chi connectivity index (χ0v) is 9.19. The first-order chi connectivity index (χ1) is 7.78. The first-order valence-corrected chi connectivity index (χ1v) is 5.45.